The van der Waals surface area contributed by atoms with Crippen LogP contribution in [0.15, 0.2) is 24.3 Å². The topological polar surface area (TPSA) is 79.9 Å². The van der Waals surface area contributed by atoms with Crippen molar-refractivity contribution in [3.8, 4) is 5.75 Å². The third-order valence-electron chi connectivity index (χ3n) is 4.58. The Morgan fingerprint density at radius 1 is 1.21 bits per heavy atom. The van der Waals surface area contributed by atoms with E-state index in [2.05, 4.69) is 27.7 Å². The van der Waals surface area contributed by atoms with E-state index in [1.807, 2.05) is 32.9 Å². The maximum atomic E-state index is 11.6. The quantitative estimate of drug-likeness (QED) is 0.747. The molecule has 0 atom stereocenters. The van der Waals surface area contributed by atoms with Crippen LogP contribution in [0.1, 0.15) is 39.2 Å². The second-order valence-corrected chi connectivity index (χ2v) is 8.21. The van der Waals surface area contributed by atoms with Gasteiger partial charge in [-0.05, 0) is 70.3 Å². The van der Waals surface area contributed by atoms with Crippen molar-refractivity contribution in [2.75, 3.05) is 33.3 Å². The van der Waals surface area contributed by atoms with E-state index in [1.165, 1.54) is 12.6 Å². The number of hydrogen-bond donors (Lipinski definition) is 2. The van der Waals surface area contributed by atoms with Crippen LogP contribution < -0.4 is 15.4 Å². The van der Waals surface area contributed by atoms with Gasteiger partial charge in [0.25, 0.3) is 5.91 Å². The molecule has 7 nitrogen and oxygen atoms in total. The number of benzene rings is 1. The summed E-state index contributed by atoms with van der Waals surface area (Å²) in [5, 5.41) is 5.16. The van der Waals surface area contributed by atoms with Crippen molar-refractivity contribution in [1.29, 1.82) is 0 Å². The fraction of sp³-hybridized carbons (Fsp3) is 0.619. The number of hydrogen-bond acceptors (Lipinski definition) is 5. The van der Waals surface area contributed by atoms with E-state index >= 15 is 0 Å². The number of carbonyl (C=O) groups is 2. The molecule has 156 valence electrons. The molecule has 2 N–H and O–H groups in total. The Hall–Kier alpha value is -2.28. The van der Waals surface area contributed by atoms with Gasteiger partial charge in [0, 0.05) is 20.1 Å². The summed E-state index contributed by atoms with van der Waals surface area (Å²) in [4.78, 5) is 25.1. The number of alkyl carbamates (subject to hydrolysis) is 1. The molecule has 0 aliphatic carbocycles. The highest BCUT2D eigenvalue weighted by molar-refractivity contribution is 5.79. The minimum absolute atomic E-state index is 0.203. The maximum Gasteiger partial charge on any atom is 0.407 e. The molecule has 1 aliphatic heterocycles. The number of nitrogens with one attached hydrogen (secondary N) is 2. The maximum absolute atomic E-state index is 11.6. The molecule has 1 aliphatic rings. The summed E-state index contributed by atoms with van der Waals surface area (Å²) < 4.78 is 10.8. The summed E-state index contributed by atoms with van der Waals surface area (Å²) in [7, 11) is 1.51. The zero-order valence-electron chi connectivity index (χ0n) is 17.4. The second-order valence-electron chi connectivity index (χ2n) is 8.21. The van der Waals surface area contributed by atoms with Gasteiger partial charge in [-0.2, -0.15) is 0 Å². The van der Waals surface area contributed by atoms with Gasteiger partial charge < -0.3 is 20.1 Å². The third-order valence-corrected chi connectivity index (χ3v) is 4.58. The predicted octanol–water partition coefficient (Wildman–Crippen LogP) is 2.55. The van der Waals surface area contributed by atoms with Crippen LogP contribution in [0.3, 0.4) is 0 Å². The van der Waals surface area contributed by atoms with E-state index in [9.17, 15) is 9.59 Å². The molecule has 2 amide bonds. The van der Waals surface area contributed by atoms with Crippen molar-refractivity contribution in [3.63, 3.8) is 0 Å². The number of likely N-dealkylation sites (tertiary alicyclic amines) is 1. The monoisotopic (exact) mass is 391 g/mol. The lowest BCUT2D eigenvalue weighted by Gasteiger charge is -2.32. The van der Waals surface area contributed by atoms with Crippen LogP contribution in [0.2, 0.25) is 0 Å². The second kappa shape index (κ2) is 10.3. The average Bonchev–Trinajstić information content (AvgIpc) is 2.64. The van der Waals surface area contributed by atoms with E-state index in [0.717, 1.165) is 38.2 Å². The molecule has 28 heavy (non-hydrogen) atoms. The SMILES string of the molecule is CNC(=O)COC(=O)NCC1CCN(Cc2cccc(OC(C)(C)C)c2)CC1. The first-order chi connectivity index (χ1) is 13.2. The number of piperidine rings is 1. The lowest BCUT2D eigenvalue weighted by Crippen LogP contribution is -2.39. The van der Waals surface area contributed by atoms with E-state index < -0.39 is 6.09 Å². The highest BCUT2D eigenvalue weighted by Gasteiger charge is 2.20. The summed E-state index contributed by atoms with van der Waals surface area (Å²) in [6, 6.07) is 8.28. The molecular weight excluding hydrogens is 358 g/mol. The first-order valence-corrected chi connectivity index (χ1v) is 9.86. The fourth-order valence-electron chi connectivity index (χ4n) is 3.15. The number of carbonyl (C=O) groups excluding carboxylic acids is 2. The van der Waals surface area contributed by atoms with Crippen molar-refractivity contribution in [2.45, 2.75) is 45.8 Å². The summed E-state index contributed by atoms with van der Waals surface area (Å²) in [5.41, 5.74) is 1.04. The average molecular weight is 392 g/mol. The van der Waals surface area contributed by atoms with Gasteiger partial charge in [0.2, 0.25) is 0 Å². The van der Waals surface area contributed by atoms with Crippen molar-refractivity contribution in [1.82, 2.24) is 15.5 Å². The van der Waals surface area contributed by atoms with Crippen LogP contribution in [0.25, 0.3) is 0 Å². The molecule has 1 aromatic carbocycles. The molecule has 1 aromatic rings. The fourth-order valence-corrected chi connectivity index (χ4v) is 3.15. The number of ether oxygens (including phenoxy) is 2. The van der Waals surface area contributed by atoms with Crippen molar-refractivity contribution >= 4 is 12.0 Å². The predicted molar refractivity (Wildman–Crippen MR) is 108 cm³/mol. The number of rotatable bonds is 7. The molecule has 0 bridgehead atoms. The van der Waals surface area contributed by atoms with Crippen LogP contribution in [-0.4, -0.2) is 55.8 Å². The molecule has 0 aromatic heterocycles. The largest absolute Gasteiger partial charge is 0.488 e. The van der Waals surface area contributed by atoms with E-state index in [1.54, 1.807) is 0 Å². The normalized spacial score (nSPS) is 15.7. The van der Waals surface area contributed by atoms with E-state index in [0.29, 0.717) is 12.5 Å². The molecule has 0 spiro atoms. The van der Waals surface area contributed by atoms with Crippen LogP contribution in [0.5, 0.6) is 5.75 Å². The van der Waals surface area contributed by atoms with Crippen LogP contribution >= 0.6 is 0 Å². The van der Waals surface area contributed by atoms with Gasteiger partial charge in [-0.1, -0.05) is 12.1 Å². The van der Waals surface area contributed by atoms with Gasteiger partial charge in [0.05, 0.1) is 0 Å². The molecule has 2 rings (SSSR count). The zero-order valence-corrected chi connectivity index (χ0v) is 17.4. The highest BCUT2D eigenvalue weighted by atomic mass is 16.6. The molecule has 0 saturated carbocycles. The van der Waals surface area contributed by atoms with Gasteiger partial charge in [-0.3, -0.25) is 9.69 Å². The molecule has 1 saturated heterocycles. The van der Waals surface area contributed by atoms with Crippen LogP contribution in [0, 0.1) is 5.92 Å². The Bertz CT molecular complexity index is 649. The smallest absolute Gasteiger partial charge is 0.407 e. The Labute approximate surface area is 167 Å². The van der Waals surface area contributed by atoms with E-state index in [4.69, 9.17) is 9.47 Å². The Balaban J connectivity index is 1.70. The lowest BCUT2D eigenvalue weighted by atomic mass is 9.96. The van der Waals surface area contributed by atoms with Crippen LogP contribution in [0.4, 0.5) is 4.79 Å². The molecule has 7 heteroatoms. The number of amides is 2. The first kappa shape index (κ1) is 22.0. The standard InChI is InChI=1S/C21H33N3O4/c1-21(2,3)28-18-7-5-6-17(12-18)14-24-10-8-16(9-11-24)13-23-20(26)27-15-19(25)22-4/h5-7,12,16H,8-11,13-15H2,1-4H3,(H,22,25)(H,23,26). The minimum atomic E-state index is -0.540. The first-order valence-electron chi connectivity index (χ1n) is 9.86. The lowest BCUT2D eigenvalue weighted by molar-refractivity contribution is -0.123. The van der Waals surface area contributed by atoms with Crippen molar-refractivity contribution < 1.29 is 19.1 Å². The Morgan fingerprint density at radius 3 is 2.57 bits per heavy atom. The molecule has 0 unspecified atom stereocenters. The summed E-state index contributed by atoms with van der Waals surface area (Å²) in [6.45, 7) is 9.35. The zero-order chi connectivity index (χ0) is 20.6. The highest BCUT2D eigenvalue weighted by Crippen LogP contribution is 2.22. The Morgan fingerprint density at radius 2 is 1.93 bits per heavy atom. The van der Waals surface area contributed by atoms with Gasteiger partial charge in [-0.25, -0.2) is 4.79 Å². The number of likely N-dealkylation sites (N-methyl/N-ethyl adjacent to an activating group) is 1. The molecule has 1 heterocycles. The van der Waals surface area contributed by atoms with Crippen molar-refractivity contribution in [2.24, 2.45) is 5.92 Å². The van der Waals surface area contributed by atoms with Crippen LogP contribution in [-0.2, 0) is 16.1 Å². The minimum Gasteiger partial charge on any atom is -0.488 e. The molecule has 1 fully saturated rings. The van der Waals surface area contributed by atoms with Gasteiger partial charge in [0.1, 0.15) is 11.4 Å². The van der Waals surface area contributed by atoms with Gasteiger partial charge >= 0.3 is 6.09 Å². The number of nitrogens with zero attached hydrogens (tertiary/aromatic N) is 1. The summed E-state index contributed by atoms with van der Waals surface area (Å²) in [6.07, 6.45) is 1.50. The Kier molecular flexibility index (Phi) is 8.11. The van der Waals surface area contributed by atoms with Gasteiger partial charge in [-0.15, -0.1) is 0 Å². The summed E-state index contributed by atoms with van der Waals surface area (Å²) >= 11 is 0. The molecular formula is C21H33N3O4. The molecule has 0 radical (unpaired) electrons. The van der Waals surface area contributed by atoms with Crippen molar-refractivity contribution in [3.05, 3.63) is 29.8 Å². The van der Waals surface area contributed by atoms with Gasteiger partial charge in [0.15, 0.2) is 6.61 Å². The summed E-state index contributed by atoms with van der Waals surface area (Å²) in [5.74, 6) is 1.01. The third kappa shape index (κ3) is 8.17. The van der Waals surface area contributed by atoms with E-state index in [-0.39, 0.29) is 18.1 Å².